The number of aliphatic hydroxyl groups is 3. The van der Waals surface area contributed by atoms with E-state index in [1.165, 1.54) is 7.11 Å². The van der Waals surface area contributed by atoms with Crippen molar-refractivity contribution >= 4 is 34.4 Å². The normalized spacial score (nSPS) is 24.2. The molecule has 3 aliphatic rings. The van der Waals surface area contributed by atoms with Gasteiger partial charge in [0.25, 0.3) is 0 Å². The molecule has 0 aromatic heterocycles. The van der Waals surface area contributed by atoms with Gasteiger partial charge in [0.15, 0.2) is 11.5 Å². The van der Waals surface area contributed by atoms with Crippen LogP contribution in [0.25, 0.3) is 0 Å². The van der Waals surface area contributed by atoms with Gasteiger partial charge in [-0.1, -0.05) is 19.3 Å². The summed E-state index contributed by atoms with van der Waals surface area (Å²) in [5.74, 6) is 0.501. The molecule has 0 saturated heterocycles. The maximum Gasteiger partial charge on any atom is 0.247 e. The maximum absolute atomic E-state index is 13.6. The van der Waals surface area contributed by atoms with Gasteiger partial charge < -0.3 is 35.0 Å². The van der Waals surface area contributed by atoms with Crippen molar-refractivity contribution < 1.29 is 34.4 Å². The number of hydrogen-bond acceptors (Lipinski definition) is 7. The highest BCUT2D eigenvalue weighted by Crippen LogP contribution is 2.40. The Labute approximate surface area is 231 Å². The van der Waals surface area contributed by atoms with Crippen molar-refractivity contribution in [3.05, 3.63) is 32.9 Å². The predicted octanol–water partition coefficient (Wildman–Crippen LogP) is 2.28. The summed E-state index contributed by atoms with van der Waals surface area (Å²) >= 11 is 2.09. The van der Waals surface area contributed by atoms with Crippen LogP contribution in [0.5, 0.6) is 11.5 Å². The van der Waals surface area contributed by atoms with Crippen LogP contribution in [-0.4, -0.2) is 76.6 Å². The molecule has 4 rings (SSSR count). The number of amides is 2. The smallest absolute Gasteiger partial charge is 0.247 e. The van der Waals surface area contributed by atoms with E-state index in [1.54, 1.807) is 18.2 Å². The highest BCUT2D eigenvalue weighted by atomic mass is 127. The lowest BCUT2D eigenvalue weighted by atomic mass is 9.85. The summed E-state index contributed by atoms with van der Waals surface area (Å²) in [5.41, 5.74) is 1.08. The fourth-order valence-electron chi connectivity index (χ4n) is 5.38. The number of halogens is 1. The molecule has 4 N–H and O–H groups in total. The van der Waals surface area contributed by atoms with Crippen LogP contribution in [-0.2, 0) is 16.2 Å². The van der Waals surface area contributed by atoms with E-state index in [9.17, 15) is 24.9 Å². The maximum atomic E-state index is 13.6. The van der Waals surface area contributed by atoms with Crippen molar-refractivity contribution in [2.75, 3.05) is 20.3 Å². The van der Waals surface area contributed by atoms with Gasteiger partial charge in [0.1, 0.15) is 12.2 Å². The van der Waals surface area contributed by atoms with E-state index in [4.69, 9.17) is 9.47 Å². The number of hydrogen-bond donors (Lipinski definition) is 4. The van der Waals surface area contributed by atoms with Gasteiger partial charge in [-0.15, -0.1) is 0 Å². The van der Waals surface area contributed by atoms with Crippen molar-refractivity contribution in [3.63, 3.8) is 0 Å². The first-order valence-corrected chi connectivity index (χ1v) is 14.2. The minimum absolute atomic E-state index is 0.0156. The summed E-state index contributed by atoms with van der Waals surface area (Å²) < 4.78 is 12.5. The average molecular weight is 629 g/mol. The van der Waals surface area contributed by atoms with E-state index in [1.807, 2.05) is 4.90 Å². The highest BCUT2D eigenvalue weighted by Gasteiger charge is 2.46. The molecule has 204 valence electrons. The topological polar surface area (TPSA) is 129 Å². The molecule has 0 bridgehead atoms. The molecule has 3 atom stereocenters. The fraction of sp³-hybridized carbons (Fsp3) is 0.630. The third-order valence-electron chi connectivity index (χ3n) is 7.45. The number of methoxy groups -OCH3 is 1. The number of nitrogens with one attached hydrogen (secondary N) is 1. The molecule has 3 aliphatic carbocycles. The molecule has 1 aromatic rings. The second-order valence-corrected chi connectivity index (χ2v) is 11.3. The molecule has 0 radical (unpaired) electrons. The summed E-state index contributed by atoms with van der Waals surface area (Å²) in [5, 5.41) is 33.1. The highest BCUT2D eigenvalue weighted by molar-refractivity contribution is 14.1. The number of aliphatic hydroxyl groups excluding tert-OH is 3. The van der Waals surface area contributed by atoms with E-state index in [-0.39, 0.29) is 50.0 Å². The van der Waals surface area contributed by atoms with Crippen LogP contribution in [0.2, 0.25) is 0 Å². The molecule has 10 heteroatoms. The van der Waals surface area contributed by atoms with Crippen LogP contribution in [0.4, 0.5) is 0 Å². The van der Waals surface area contributed by atoms with Crippen molar-refractivity contribution in [2.45, 2.75) is 82.3 Å². The van der Waals surface area contributed by atoms with Gasteiger partial charge in [-0.2, -0.15) is 0 Å². The van der Waals surface area contributed by atoms with Crippen LogP contribution in [0.15, 0.2) is 23.8 Å². The number of nitrogens with zero attached hydrogens (tertiary/aromatic N) is 1. The van der Waals surface area contributed by atoms with Gasteiger partial charge in [-0.25, -0.2) is 0 Å². The van der Waals surface area contributed by atoms with E-state index in [2.05, 4.69) is 27.9 Å². The Hall–Kier alpha value is -1.89. The Balaban J connectivity index is 1.69. The molecule has 0 heterocycles. The summed E-state index contributed by atoms with van der Waals surface area (Å²) in [6, 6.07) is 2.87. The number of benzene rings is 1. The van der Waals surface area contributed by atoms with E-state index in [0.29, 0.717) is 26.2 Å². The zero-order valence-electron chi connectivity index (χ0n) is 21.2. The van der Waals surface area contributed by atoms with Crippen LogP contribution in [0, 0.1) is 9.49 Å². The first-order valence-electron chi connectivity index (χ1n) is 13.1. The monoisotopic (exact) mass is 628 g/mol. The van der Waals surface area contributed by atoms with Crippen molar-refractivity contribution in [1.29, 1.82) is 0 Å². The third kappa shape index (κ3) is 6.58. The Morgan fingerprint density at radius 1 is 1.14 bits per heavy atom. The molecule has 0 spiro atoms. The molecule has 3 unspecified atom stereocenters. The number of carbonyl (C=O) groups is 2. The molecular weight excluding hydrogens is 591 g/mol. The van der Waals surface area contributed by atoms with Crippen molar-refractivity contribution in [1.82, 2.24) is 10.2 Å². The van der Waals surface area contributed by atoms with Crippen molar-refractivity contribution in [2.24, 2.45) is 5.92 Å². The third-order valence-corrected chi connectivity index (χ3v) is 8.25. The SMILES string of the molecule is COc1cc(CO)cc(I)c1OC1C=C(C(=O)NCCO)CC(N(C(=O)C2CC2)C2CCCCC2)C1O. The second-order valence-electron chi connectivity index (χ2n) is 10.1. The second kappa shape index (κ2) is 12.8. The first kappa shape index (κ1) is 28.1. The number of carbonyl (C=O) groups excluding carboxylic acids is 2. The van der Waals surface area contributed by atoms with Gasteiger partial charge in [0.2, 0.25) is 11.8 Å². The van der Waals surface area contributed by atoms with Crippen LogP contribution in [0.1, 0.15) is 56.9 Å². The van der Waals surface area contributed by atoms with Crippen molar-refractivity contribution in [3.8, 4) is 11.5 Å². The van der Waals surface area contributed by atoms with Crippen LogP contribution < -0.4 is 14.8 Å². The predicted molar refractivity (Wildman–Crippen MR) is 145 cm³/mol. The minimum Gasteiger partial charge on any atom is -0.493 e. The lowest BCUT2D eigenvalue weighted by molar-refractivity contribution is -0.144. The standard InChI is InChI=1S/C27H37IN2O7/c1-36-23-12-16(15-32)11-20(28)25(23)37-22-14-18(26(34)29-9-10-31)13-21(24(22)33)30(27(35)17-7-8-17)19-5-3-2-4-6-19/h11-12,14,17,19,21-22,24,31-33H,2-10,13,15H2,1H3,(H,29,34). The molecule has 2 saturated carbocycles. The van der Waals surface area contributed by atoms with Gasteiger partial charge in [0.05, 0.1) is 29.9 Å². The zero-order valence-corrected chi connectivity index (χ0v) is 23.4. The average Bonchev–Trinajstić information content (AvgIpc) is 3.76. The molecule has 0 aliphatic heterocycles. The lowest BCUT2D eigenvalue weighted by Gasteiger charge is -2.45. The Morgan fingerprint density at radius 2 is 1.86 bits per heavy atom. The molecule has 2 amide bonds. The van der Waals surface area contributed by atoms with E-state index < -0.39 is 18.2 Å². The Morgan fingerprint density at radius 3 is 2.49 bits per heavy atom. The first-order chi connectivity index (χ1) is 17.9. The van der Waals surface area contributed by atoms with Crippen LogP contribution in [0.3, 0.4) is 0 Å². The van der Waals surface area contributed by atoms with Gasteiger partial charge >= 0.3 is 0 Å². The van der Waals surface area contributed by atoms with E-state index >= 15 is 0 Å². The molecule has 2 fully saturated rings. The summed E-state index contributed by atoms with van der Waals surface area (Å²) in [4.78, 5) is 28.5. The lowest BCUT2D eigenvalue weighted by Crippen LogP contribution is -2.58. The molecule has 37 heavy (non-hydrogen) atoms. The number of rotatable bonds is 10. The van der Waals surface area contributed by atoms with E-state index in [0.717, 1.165) is 44.9 Å². The molecule has 1 aromatic carbocycles. The van der Waals surface area contributed by atoms with Gasteiger partial charge in [-0.05, 0) is 72.0 Å². The molecule has 9 nitrogen and oxygen atoms in total. The van der Waals surface area contributed by atoms with Gasteiger partial charge in [0, 0.05) is 30.5 Å². The fourth-order valence-corrected chi connectivity index (χ4v) is 6.17. The minimum atomic E-state index is -1.06. The number of ether oxygens (including phenoxy) is 2. The summed E-state index contributed by atoms with van der Waals surface area (Å²) in [6.45, 7) is -0.238. The summed E-state index contributed by atoms with van der Waals surface area (Å²) in [6.07, 6.45) is 6.56. The zero-order chi connectivity index (χ0) is 26.5. The molecular formula is C27H37IN2O7. The Kier molecular flexibility index (Phi) is 9.71. The quantitative estimate of drug-likeness (QED) is 0.293. The van der Waals surface area contributed by atoms with Crippen LogP contribution >= 0.6 is 22.6 Å². The summed E-state index contributed by atoms with van der Waals surface area (Å²) in [7, 11) is 1.50. The largest absolute Gasteiger partial charge is 0.493 e. The Bertz CT molecular complexity index is 1010. The van der Waals surface area contributed by atoms with Gasteiger partial charge in [-0.3, -0.25) is 9.59 Å².